The predicted molar refractivity (Wildman–Crippen MR) is 61.7 cm³/mol. The molecule has 0 saturated carbocycles. The van der Waals surface area contributed by atoms with Gasteiger partial charge in [-0.05, 0) is 23.7 Å². The summed E-state index contributed by atoms with van der Waals surface area (Å²) in [5.74, 6) is 5.11. The van der Waals surface area contributed by atoms with Crippen LogP contribution >= 0.6 is 0 Å². The smallest absolute Gasteiger partial charge is 0.192 e. The molecule has 0 aliphatic heterocycles. The lowest BCUT2D eigenvalue weighted by Gasteiger charge is -2.08. The maximum absolute atomic E-state index is 12.6. The van der Waals surface area contributed by atoms with Crippen molar-refractivity contribution in [3.8, 4) is 17.9 Å². The van der Waals surface area contributed by atoms with Crippen LogP contribution in [0.4, 0.5) is 13.2 Å². The highest BCUT2D eigenvalue weighted by Gasteiger charge is 2.33. The summed E-state index contributed by atoms with van der Waals surface area (Å²) in [6, 6.07) is 4.75. The standard InChI is InChI=1S/C12H7F3N4/c13-12(14,15)11-7-9(4-5-10(11)8-16)3-1-2-6-18-19-17/h4-5,7H,2,6H2. The van der Waals surface area contributed by atoms with E-state index in [0.29, 0.717) is 0 Å². The quantitative estimate of drug-likeness (QED) is 0.264. The number of rotatable bonds is 2. The van der Waals surface area contributed by atoms with E-state index >= 15 is 0 Å². The highest BCUT2D eigenvalue weighted by atomic mass is 19.4. The Hall–Kier alpha value is -2.63. The molecular weight excluding hydrogens is 257 g/mol. The van der Waals surface area contributed by atoms with Crippen molar-refractivity contribution >= 4 is 0 Å². The van der Waals surface area contributed by atoms with Crippen molar-refractivity contribution in [3.05, 3.63) is 45.3 Å². The first kappa shape index (κ1) is 14.4. The summed E-state index contributed by atoms with van der Waals surface area (Å²) in [6.07, 6.45) is -4.33. The molecule has 0 atom stereocenters. The molecule has 4 nitrogen and oxygen atoms in total. The summed E-state index contributed by atoms with van der Waals surface area (Å²) < 4.78 is 37.9. The van der Waals surface area contributed by atoms with E-state index in [2.05, 4.69) is 21.9 Å². The predicted octanol–water partition coefficient (Wildman–Crippen LogP) is 3.63. The van der Waals surface area contributed by atoms with Crippen molar-refractivity contribution in [1.82, 2.24) is 0 Å². The van der Waals surface area contributed by atoms with Crippen molar-refractivity contribution in [1.29, 1.82) is 5.26 Å². The first-order valence-electron chi connectivity index (χ1n) is 5.10. The molecule has 0 unspecified atom stereocenters. The Balaban J connectivity index is 3.00. The van der Waals surface area contributed by atoms with Gasteiger partial charge in [0.05, 0.1) is 17.2 Å². The van der Waals surface area contributed by atoms with E-state index in [-0.39, 0.29) is 18.5 Å². The normalized spacial score (nSPS) is 9.79. The molecular formula is C12H7F3N4. The van der Waals surface area contributed by atoms with Crippen molar-refractivity contribution in [2.45, 2.75) is 12.6 Å². The molecule has 0 heterocycles. The molecule has 0 fully saturated rings. The second-order valence-electron chi connectivity index (χ2n) is 3.38. The molecule has 0 aliphatic rings. The fourth-order valence-corrected chi connectivity index (χ4v) is 1.27. The second kappa shape index (κ2) is 6.34. The number of nitriles is 1. The largest absolute Gasteiger partial charge is 0.417 e. The van der Waals surface area contributed by atoms with Crippen LogP contribution in [0.1, 0.15) is 23.1 Å². The molecule has 96 valence electrons. The first-order valence-corrected chi connectivity index (χ1v) is 5.10. The zero-order chi connectivity index (χ0) is 14.3. The molecule has 19 heavy (non-hydrogen) atoms. The molecule has 0 aromatic heterocycles. The van der Waals surface area contributed by atoms with Gasteiger partial charge in [0.15, 0.2) is 0 Å². The van der Waals surface area contributed by atoms with Gasteiger partial charge in [-0.3, -0.25) is 0 Å². The summed E-state index contributed by atoms with van der Waals surface area (Å²) in [7, 11) is 0. The minimum Gasteiger partial charge on any atom is -0.192 e. The summed E-state index contributed by atoms with van der Waals surface area (Å²) in [4.78, 5) is 2.52. The zero-order valence-electron chi connectivity index (χ0n) is 9.57. The topological polar surface area (TPSA) is 72.5 Å². The van der Waals surface area contributed by atoms with Crippen LogP contribution in [0.25, 0.3) is 10.4 Å². The van der Waals surface area contributed by atoms with E-state index in [4.69, 9.17) is 10.8 Å². The van der Waals surface area contributed by atoms with E-state index in [1.807, 2.05) is 0 Å². The van der Waals surface area contributed by atoms with E-state index in [1.54, 1.807) is 0 Å². The summed E-state index contributed by atoms with van der Waals surface area (Å²) in [5.41, 5.74) is 6.74. The minimum atomic E-state index is -4.59. The third kappa shape index (κ3) is 4.27. The molecule has 0 amide bonds. The number of azide groups is 1. The van der Waals surface area contributed by atoms with Crippen LogP contribution in [0.2, 0.25) is 0 Å². The molecule has 1 rings (SSSR count). The maximum Gasteiger partial charge on any atom is 0.417 e. The van der Waals surface area contributed by atoms with Gasteiger partial charge in [0, 0.05) is 23.4 Å². The van der Waals surface area contributed by atoms with Crippen LogP contribution in [0.3, 0.4) is 0 Å². The zero-order valence-corrected chi connectivity index (χ0v) is 9.57. The SMILES string of the molecule is N#Cc1ccc(C#CCCN=[N+]=[N-])cc1C(F)(F)F. The summed E-state index contributed by atoms with van der Waals surface area (Å²) >= 11 is 0. The van der Waals surface area contributed by atoms with Crippen molar-refractivity contribution in [3.63, 3.8) is 0 Å². The average molecular weight is 264 g/mol. The van der Waals surface area contributed by atoms with Crippen LogP contribution in [0.15, 0.2) is 23.3 Å². The molecule has 0 radical (unpaired) electrons. The number of alkyl halides is 3. The number of hydrogen-bond donors (Lipinski definition) is 0. The van der Waals surface area contributed by atoms with Crippen molar-refractivity contribution in [2.75, 3.05) is 6.54 Å². The fourth-order valence-electron chi connectivity index (χ4n) is 1.27. The minimum absolute atomic E-state index is 0.159. The van der Waals surface area contributed by atoms with Gasteiger partial charge in [-0.25, -0.2) is 0 Å². The lowest BCUT2D eigenvalue weighted by atomic mass is 10.0. The Morgan fingerprint density at radius 1 is 1.37 bits per heavy atom. The number of halogens is 3. The van der Waals surface area contributed by atoms with E-state index in [9.17, 15) is 13.2 Å². The monoisotopic (exact) mass is 264 g/mol. The van der Waals surface area contributed by atoms with Gasteiger partial charge in [0.1, 0.15) is 0 Å². The van der Waals surface area contributed by atoms with Crippen LogP contribution in [-0.4, -0.2) is 6.54 Å². The molecule has 0 bridgehead atoms. The van der Waals surface area contributed by atoms with Crippen LogP contribution in [-0.2, 0) is 6.18 Å². The molecule has 0 aliphatic carbocycles. The Bertz CT molecular complexity index is 611. The van der Waals surface area contributed by atoms with E-state index in [1.165, 1.54) is 12.1 Å². The molecule has 0 saturated heterocycles. The molecule has 1 aromatic carbocycles. The Kier molecular flexibility index (Phi) is 4.82. The molecule has 1 aromatic rings. The van der Waals surface area contributed by atoms with Gasteiger partial charge in [-0.2, -0.15) is 18.4 Å². The van der Waals surface area contributed by atoms with Crippen LogP contribution < -0.4 is 0 Å². The molecule has 0 spiro atoms. The van der Waals surface area contributed by atoms with E-state index in [0.717, 1.165) is 12.1 Å². The Morgan fingerprint density at radius 3 is 2.68 bits per heavy atom. The highest BCUT2D eigenvalue weighted by Crippen LogP contribution is 2.32. The van der Waals surface area contributed by atoms with Crippen LogP contribution in [0.5, 0.6) is 0 Å². The van der Waals surface area contributed by atoms with Gasteiger partial charge < -0.3 is 0 Å². The third-order valence-electron chi connectivity index (χ3n) is 2.08. The highest BCUT2D eigenvalue weighted by molar-refractivity contribution is 5.47. The fraction of sp³-hybridized carbons (Fsp3) is 0.250. The Labute approximate surface area is 107 Å². The molecule has 0 N–H and O–H groups in total. The summed E-state index contributed by atoms with van der Waals surface area (Å²) in [5, 5.41) is 11.9. The van der Waals surface area contributed by atoms with Gasteiger partial charge in [0.2, 0.25) is 0 Å². The van der Waals surface area contributed by atoms with Crippen LogP contribution in [0, 0.1) is 23.2 Å². The number of benzene rings is 1. The van der Waals surface area contributed by atoms with Crippen molar-refractivity contribution in [2.24, 2.45) is 5.11 Å². The van der Waals surface area contributed by atoms with Gasteiger partial charge in [0.25, 0.3) is 0 Å². The Morgan fingerprint density at radius 2 is 2.11 bits per heavy atom. The molecule has 7 heteroatoms. The lowest BCUT2D eigenvalue weighted by Crippen LogP contribution is -2.08. The average Bonchev–Trinajstić information content (AvgIpc) is 2.37. The lowest BCUT2D eigenvalue weighted by molar-refractivity contribution is -0.137. The number of nitrogens with zero attached hydrogens (tertiary/aromatic N) is 4. The van der Waals surface area contributed by atoms with Gasteiger partial charge >= 0.3 is 6.18 Å². The third-order valence-corrected chi connectivity index (χ3v) is 2.08. The van der Waals surface area contributed by atoms with Gasteiger partial charge in [-0.15, -0.1) is 0 Å². The summed E-state index contributed by atoms with van der Waals surface area (Å²) in [6.45, 7) is 0.159. The second-order valence-corrected chi connectivity index (χ2v) is 3.38. The first-order chi connectivity index (χ1) is 8.99. The van der Waals surface area contributed by atoms with E-state index < -0.39 is 17.3 Å². The van der Waals surface area contributed by atoms with Gasteiger partial charge in [-0.1, -0.05) is 17.0 Å². The number of hydrogen-bond acceptors (Lipinski definition) is 2. The maximum atomic E-state index is 12.6. The van der Waals surface area contributed by atoms with Crippen molar-refractivity contribution < 1.29 is 13.2 Å².